The highest BCUT2D eigenvalue weighted by Crippen LogP contribution is 2.18. The smallest absolute Gasteiger partial charge is 0.338 e. The van der Waals surface area contributed by atoms with Gasteiger partial charge in [0.05, 0.1) is 10.5 Å². The molecule has 0 bridgehead atoms. The van der Waals surface area contributed by atoms with Gasteiger partial charge in [0.1, 0.15) is 0 Å². The topological polar surface area (TPSA) is 80.8 Å². The third-order valence-corrected chi connectivity index (χ3v) is 6.48. The maximum atomic E-state index is 12.6. The van der Waals surface area contributed by atoms with Gasteiger partial charge in [-0.05, 0) is 37.6 Å². The highest BCUT2D eigenvalue weighted by Gasteiger charge is 2.23. The zero-order valence-corrected chi connectivity index (χ0v) is 17.4. The quantitative estimate of drug-likeness (QED) is 0.499. The molecule has 28 heavy (non-hydrogen) atoms. The lowest BCUT2D eigenvalue weighted by Crippen LogP contribution is -2.30. The van der Waals surface area contributed by atoms with E-state index in [4.69, 9.17) is 4.74 Å². The minimum absolute atomic E-state index is 0.0198. The number of aryl methyl sites for hydroxylation is 2. The minimum Gasteiger partial charge on any atom is -0.454 e. The number of ether oxygens (including phenoxy) is 1. The first-order valence-electron chi connectivity index (χ1n) is 9.08. The largest absolute Gasteiger partial charge is 0.454 e. The number of hydrogen-bond donors (Lipinski definition) is 0. The van der Waals surface area contributed by atoms with Gasteiger partial charge >= 0.3 is 5.97 Å². The Balaban J connectivity index is 2.14. The van der Waals surface area contributed by atoms with Crippen molar-refractivity contribution in [1.82, 2.24) is 4.31 Å². The molecular weight excluding hydrogens is 378 g/mol. The summed E-state index contributed by atoms with van der Waals surface area (Å²) in [6.45, 7) is 7.51. The van der Waals surface area contributed by atoms with Crippen LogP contribution in [0, 0.1) is 13.8 Å². The van der Waals surface area contributed by atoms with Gasteiger partial charge in [-0.2, -0.15) is 4.31 Å². The fourth-order valence-electron chi connectivity index (χ4n) is 2.91. The molecule has 0 fully saturated rings. The molecule has 0 aliphatic carbocycles. The molecule has 2 aromatic rings. The molecule has 2 rings (SSSR count). The number of benzene rings is 2. The van der Waals surface area contributed by atoms with E-state index in [1.807, 2.05) is 26.0 Å². The van der Waals surface area contributed by atoms with Crippen molar-refractivity contribution in [2.45, 2.75) is 32.6 Å². The molecule has 0 atom stereocenters. The summed E-state index contributed by atoms with van der Waals surface area (Å²) in [7, 11) is -3.68. The third-order valence-electron chi connectivity index (χ3n) is 4.43. The van der Waals surface area contributed by atoms with E-state index in [1.165, 1.54) is 28.6 Å². The number of sulfonamides is 1. The van der Waals surface area contributed by atoms with E-state index >= 15 is 0 Å². The molecule has 7 heteroatoms. The molecular formula is C21H25NO5S. The molecule has 0 radical (unpaired) electrons. The maximum Gasteiger partial charge on any atom is 0.338 e. The summed E-state index contributed by atoms with van der Waals surface area (Å²) >= 11 is 0. The van der Waals surface area contributed by atoms with Crippen LogP contribution in [0.5, 0.6) is 0 Å². The van der Waals surface area contributed by atoms with E-state index < -0.39 is 22.6 Å². The molecule has 0 unspecified atom stereocenters. The maximum absolute atomic E-state index is 12.6. The first kappa shape index (κ1) is 21.8. The average Bonchev–Trinajstić information content (AvgIpc) is 2.66. The Morgan fingerprint density at radius 3 is 2.29 bits per heavy atom. The number of hydrogen-bond acceptors (Lipinski definition) is 5. The van der Waals surface area contributed by atoms with Crippen LogP contribution in [0.25, 0.3) is 0 Å². The number of ketones is 1. The number of Topliss-reactive ketones (excluding diaryl/α,β-unsaturated/α-hetero) is 1. The van der Waals surface area contributed by atoms with E-state index in [0.29, 0.717) is 18.7 Å². The summed E-state index contributed by atoms with van der Waals surface area (Å²) in [5, 5.41) is 0. The lowest BCUT2D eigenvalue weighted by Gasteiger charge is -2.18. The lowest BCUT2D eigenvalue weighted by molar-refractivity contribution is 0.0474. The molecule has 0 N–H and O–H groups in total. The number of esters is 1. The van der Waals surface area contributed by atoms with Crippen molar-refractivity contribution in [2.75, 3.05) is 19.7 Å². The summed E-state index contributed by atoms with van der Waals surface area (Å²) < 4.78 is 31.6. The van der Waals surface area contributed by atoms with Crippen LogP contribution in [0.1, 0.15) is 45.7 Å². The van der Waals surface area contributed by atoms with Crippen molar-refractivity contribution in [3.05, 3.63) is 64.7 Å². The van der Waals surface area contributed by atoms with Gasteiger partial charge in [-0.15, -0.1) is 0 Å². The number of rotatable bonds is 8. The third kappa shape index (κ3) is 4.85. The normalized spacial score (nSPS) is 11.5. The Morgan fingerprint density at radius 1 is 1.00 bits per heavy atom. The molecule has 0 aliphatic heterocycles. The fourth-order valence-corrected chi connectivity index (χ4v) is 4.42. The van der Waals surface area contributed by atoms with Gasteiger partial charge in [-0.3, -0.25) is 4.79 Å². The van der Waals surface area contributed by atoms with E-state index in [9.17, 15) is 18.0 Å². The number of carbonyl (C=O) groups excluding carboxylic acids is 2. The number of carbonyl (C=O) groups is 2. The standard InChI is InChI=1S/C21H25NO5S/c1-5-22(6-2)28(25,26)18-9-7-8-17(13-18)21(24)27-14-20(23)19-11-10-15(3)12-16(19)4/h7-13H,5-6,14H2,1-4H3. The van der Waals surface area contributed by atoms with Gasteiger partial charge < -0.3 is 4.74 Å². The van der Waals surface area contributed by atoms with Crippen molar-refractivity contribution >= 4 is 21.8 Å². The van der Waals surface area contributed by atoms with Crippen LogP contribution in [-0.4, -0.2) is 44.2 Å². The summed E-state index contributed by atoms with van der Waals surface area (Å²) in [4.78, 5) is 24.7. The highest BCUT2D eigenvalue weighted by atomic mass is 32.2. The van der Waals surface area contributed by atoms with Gasteiger partial charge in [0.25, 0.3) is 0 Å². The Labute approximate surface area is 166 Å². The molecule has 2 aromatic carbocycles. The molecule has 0 saturated carbocycles. The molecule has 0 aromatic heterocycles. The predicted octanol–water partition coefficient (Wildman–Crippen LogP) is 3.37. The van der Waals surface area contributed by atoms with Crippen LogP contribution < -0.4 is 0 Å². The van der Waals surface area contributed by atoms with E-state index in [0.717, 1.165) is 11.1 Å². The molecule has 0 heterocycles. The van der Waals surface area contributed by atoms with Gasteiger partial charge in [0.2, 0.25) is 15.8 Å². The van der Waals surface area contributed by atoms with Crippen LogP contribution in [0.15, 0.2) is 47.4 Å². The minimum atomic E-state index is -3.68. The summed E-state index contributed by atoms with van der Waals surface area (Å²) in [6, 6.07) is 11.1. The van der Waals surface area contributed by atoms with Crippen LogP contribution in [0.4, 0.5) is 0 Å². The van der Waals surface area contributed by atoms with Gasteiger partial charge in [0, 0.05) is 18.7 Å². The van der Waals surface area contributed by atoms with Gasteiger partial charge in [-0.1, -0.05) is 43.7 Å². The van der Waals surface area contributed by atoms with Gasteiger partial charge in [-0.25, -0.2) is 13.2 Å². The SMILES string of the molecule is CCN(CC)S(=O)(=O)c1cccc(C(=O)OCC(=O)c2ccc(C)cc2C)c1. The summed E-state index contributed by atoms with van der Waals surface area (Å²) in [6.07, 6.45) is 0. The predicted molar refractivity (Wildman–Crippen MR) is 107 cm³/mol. The van der Waals surface area contributed by atoms with E-state index in [2.05, 4.69) is 0 Å². The Bertz CT molecular complexity index is 978. The van der Waals surface area contributed by atoms with Crippen LogP contribution in [0.3, 0.4) is 0 Å². The second kappa shape index (κ2) is 9.12. The molecule has 6 nitrogen and oxygen atoms in total. The van der Waals surface area contributed by atoms with Crippen molar-refractivity contribution in [1.29, 1.82) is 0 Å². The molecule has 0 aliphatic rings. The van der Waals surface area contributed by atoms with E-state index in [1.54, 1.807) is 19.9 Å². The molecule has 150 valence electrons. The first-order valence-corrected chi connectivity index (χ1v) is 10.5. The zero-order valence-electron chi connectivity index (χ0n) is 16.6. The van der Waals surface area contributed by atoms with Crippen molar-refractivity contribution in [3.63, 3.8) is 0 Å². The highest BCUT2D eigenvalue weighted by molar-refractivity contribution is 7.89. The number of nitrogens with zero attached hydrogens (tertiary/aromatic N) is 1. The first-order chi connectivity index (χ1) is 13.2. The molecule has 0 amide bonds. The van der Waals surface area contributed by atoms with Crippen molar-refractivity contribution in [2.24, 2.45) is 0 Å². The monoisotopic (exact) mass is 403 g/mol. The van der Waals surface area contributed by atoms with Crippen LogP contribution in [0.2, 0.25) is 0 Å². The second-order valence-corrected chi connectivity index (χ2v) is 8.37. The Hall–Kier alpha value is -2.51. The summed E-state index contributed by atoms with van der Waals surface area (Å²) in [5.74, 6) is -1.05. The van der Waals surface area contributed by atoms with Crippen molar-refractivity contribution in [3.8, 4) is 0 Å². The average molecular weight is 404 g/mol. The lowest BCUT2D eigenvalue weighted by atomic mass is 10.0. The van der Waals surface area contributed by atoms with Crippen molar-refractivity contribution < 1.29 is 22.7 Å². The second-order valence-electron chi connectivity index (χ2n) is 6.43. The zero-order chi connectivity index (χ0) is 20.9. The summed E-state index contributed by atoms with van der Waals surface area (Å²) in [5.41, 5.74) is 2.43. The Kier molecular flexibility index (Phi) is 7.10. The van der Waals surface area contributed by atoms with Crippen LogP contribution in [-0.2, 0) is 14.8 Å². The molecule has 0 saturated heterocycles. The fraction of sp³-hybridized carbons (Fsp3) is 0.333. The molecule has 0 spiro atoms. The van der Waals surface area contributed by atoms with Gasteiger partial charge in [0.15, 0.2) is 6.61 Å². The van der Waals surface area contributed by atoms with E-state index in [-0.39, 0.29) is 16.2 Å². The van der Waals surface area contributed by atoms with Crippen LogP contribution >= 0.6 is 0 Å². The Morgan fingerprint density at radius 2 is 1.68 bits per heavy atom.